The highest BCUT2D eigenvalue weighted by atomic mass is 16.3. The largest absolute Gasteiger partial charge is 0.504 e. The first kappa shape index (κ1) is 12.7. The topological polar surface area (TPSA) is 57.5 Å². The van der Waals surface area contributed by atoms with Crippen molar-refractivity contribution in [2.45, 2.75) is 25.7 Å². The number of carbonyl (C=O) groups is 1. The molecule has 0 saturated heterocycles. The Morgan fingerprint density at radius 1 is 1.15 bits per heavy atom. The van der Waals surface area contributed by atoms with Crippen LogP contribution in [0.4, 0.5) is 0 Å². The van der Waals surface area contributed by atoms with Crippen LogP contribution in [-0.2, 0) is 6.42 Å². The maximum atomic E-state index is 11.2. The number of hydrogen-bond donors (Lipinski definition) is 2. The number of hydrogen-bond acceptors (Lipinski definition) is 3. The summed E-state index contributed by atoms with van der Waals surface area (Å²) >= 11 is 0. The van der Waals surface area contributed by atoms with Crippen molar-refractivity contribution in [2.24, 2.45) is 0 Å². The molecule has 102 valence electrons. The first-order valence-corrected chi connectivity index (χ1v) is 6.72. The fourth-order valence-electron chi connectivity index (χ4n) is 3.27. The van der Waals surface area contributed by atoms with E-state index in [2.05, 4.69) is 12.1 Å². The lowest BCUT2D eigenvalue weighted by Crippen LogP contribution is -2.01. The first-order valence-electron chi connectivity index (χ1n) is 6.72. The maximum absolute atomic E-state index is 11.2. The summed E-state index contributed by atoms with van der Waals surface area (Å²) in [6.45, 7) is 1.80. The number of benzene rings is 2. The molecule has 0 radical (unpaired) electrons. The van der Waals surface area contributed by atoms with E-state index in [0.29, 0.717) is 11.8 Å². The van der Waals surface area contributed by atoms with Crippen LogP contribution in [0.3, 0.4) is 0 Å². The molecule has 0 aliphatic heterocycles. The molecule has 1 aliphatic carbocycles. The standard InChI is InChI=1S/C17H16O3/c1-10-15-12(11-5-3-2-4-6-11)7-8-13(15)14(9-18)17(20)16(10)19/h2-6,9,12,19-20H,7-8H2,1H3. The van der Waals surface area contributed by atoms with E-state index in [4.69, 9.17) is 0 Å². The van der Waals surface area contributed by atoms with Crippen molar-refractivity contribution in [3.05, 3.63) is 58.1 Å². The average Bonchev–Trinajstić information content (AvgIpc) is 2.91. The highest BCUT2D eigenvalue weighted by Gasteiger charge is 2.31. The molecule has 20 heavy (non-hydrogen) atoms. The first-order chi connectivity index (χ1) is 9.65. The number of rotatable bonds is 2. The van der Waals surface area contributed by atoms with Gasteiger partial charge in [0.05, 0.1) is 5.56 Å². The smallest absolute Gasteiger partial charge is 0.168 e. The van der Waals surface area contributed by atoms with Gasteiger partial charge >= 0.3 is 0 Å². The summed E-state index contributed by atoms with van der Waals surface area (Å²) < 4.78 is 0. The second-order valence-electron chi connectivity index (χ2n) is 5.25. The number of fused-ring (bicyclic) bond motifs is 1. The molecular weight excluding hydrogens is 252 g/mol. The Balaban J connectivity index is 2.24. The van der Waals surface area contributed by atoms with Crippen molar-refractivity contribution in [1.29, 1.82) is 0 Å². The number of carbonyl (C=O) groups excluding carboxylic acids is 1. The molecule has 2 aromatic carbocycles. The van der Waals surface area contributed by atoms with Gasteiger partial charge < -0.3 is 10.2 Å². The molecular formula is C17H16O3. The molecule has 1 unspecified atom stereocenters. The zero-order valence-corrected chi connectivity index (χ0v) is 11.3. The molecule has 1 atom stereocenters. The lowest BCUT2D eigenvalue weighted by atomic mass is 9.88. The Morgan fingerprint density at radius 2 is 1.85 bits per heavy atom. The third-order valence-electron chi connectivity index (χ3n) is 4.24. The highest BCUT2D eigenvalue weighted by Crippen LogP contribution is 2.47. The zero-order chi connectivity index (χ0) is 14.3. The fourth-order valence-corrected chi connectivity index (χ4v) is 3.27. The van der Waals surface area contributed by atoms with Crippen LogP contribution in [0.25, 0.3) is 0 Å². The summed E-state index contributed by atoms with van der Waals surface area (Å²) in [5, 5.41) is 20.0. The SMILES string of the molecule is Cc1c(O)c(O)c(C=O)c2c1C(c1ccccc1)CC2. The van der Waals surface area contributed by atoms with Crippen LogP contribution in [0, 0.1) is 6.92 Å². The predicted molar refractivity (Wildman–Crippen MR) is 76.5 cm³/mol. The maximum Gasteiger partial charge on any atom is 0.168 e. The zero-order valence-electron chi connectivity index (χ0n) is 11.3. The van der Waals surface area contributed by atoms with Crippen LogP contribution in [0.15, 0.2) is 30.3 Å². The summed E-state index contributed by atoms with van der Waals surface area (Å²) in [4.78, 5) is 11.2. The molecule has 0 spiro atoms. The molecule has 0 heterocycles. The fraction of sp³-hybridized carbons (Fsp3) is 0.235. The lowest BCUT2D eigenvalue weighted by Gasteiger charge is -2.17. The van der Waals surface area contributed by atoms with E-state index in [0.717, 1.165) is 24.0 Å². The van der Waals surface area contributed by atoms with Crippen LogP contribution in [0.1, 0.15) is 45.0 Å². The van der Waals surface area contributed by atoms with Gasteiger partial charge in [0, 0.05) is 5.92 Å². The predicted octanol–water partition coefficient (Wildman–Crippen LogP) is 3.30. The van der Waals surface area contributed by atoms with Crippen molar-refractivity contribution in [2.75, 3.05) is 0 Å². The Kier molecular flexibility index (Phi) is 2.97. The van der Waals surface area contributed by atoms with Crippen molar-refractivity contribution in [3.63, 3.8) is 0 Å². The minimum atomic E-state index is -0.287. The molecule has 2 N–H and O–H groups in total. The normalized spacial score (nSPS) is 16.9. The highest BCUT2D eigenvalue weighted by molar-refractivity contribution is 5.86. The van der Waals surface area contributed by atoms with Gasteiger partial charge in [0.25, 0.3) is 0 Å². The summed E-state index contributed by atoms with van der Waals surface area (Å²) in [6, 6.07) is 10.1. The van der Waals surface area contributed by atoms with Crippen LogP contribution in [0.2, 0.25) is 0 Å². The van der Waals surface area contributed by atoms with Gasteiger partial charge in [-0.1, -0.05) is 30.3 Å². The lowest BCUT2D eigenvalue weighted by molar-refractivity contribution is 0.111. The molecule has 1 aliphatic rings. The van der Waals surface area contributed by atoms with E-state index in [1.807, 2.05) is 18.2 Å². The molecule has 3 heteroatoms. The van der Waals surface area contributed by atoms with Gasteiger partial charge in [-0.05, 0) is 42.0 Å². The summed E-state index contributed by atoms with van der Waals surface area (Å²) in [5.41, 5.74) is 3.96. The molecule has 0 amide bonds. The third kappa shape index (κ3) is 1.70. The third-order valence-corrected chi connectivity index (χ3v) is 4.24. The number of phenols is 2. The van der Waals surface area contributed by atoms with E-state index < -0.39 is 0 Å². The van der Waals surface area contributed by atoms with Crippen LogP contribution < -0.4 is 0 Å². The van der Waals surface area contributed by atoms with E-state index >= 15 is 0 Å². The molecule has 0 bridgehead atoms. The number of phenolic OH excluding ortho intramolecular Hbond substituents is 2. The molecule has 3 rings (SSSR count). The van der Waals surface area contributed by atoms with Crippen molar-refractivity contribution < 1.29 is 15.0 Å². The van der Waals surface area contributed by atoms with Crippen LogP contribution >= 0.6 is 0 Å². The summed E-state index contributed by atoms with van der Waals surface area (Å²) in [5.74, 6) is -0.282. The van der Waals surface area contributed by atoms with E-state index in [1.54, 1.807) is 6.92 Å². The second kappa shape index (κ2) is 4.67. The van der Waals surface area contributed by atoms with Gasteiger partial charge in [0.2, 0.25) is 0 Å². The quantitative estimate of drug-likeness (QED) is 0.649. The van der Waals surface area contributed by atoms with E-state index in [-0.39, 0.29) is 23.0 Å². The molecule has 2 aromatic rings. The van der Waals surface area contributed by atoms with Gasteiger partial charge in [-0.15, -0.1) is 0 Å². The minimum absolute atomic E-state index is 0.173. The molecule has 0 fully saturated rings. The van der Waals surface area contributed by atoms with Gasteiger partial charge in [0.15, 0.2) is 17.8 Å². The van der Waals surface area contributed by atoms with Gasteiger partial charge in [0.1, 0.15) is 0 Å². The van der Waals surface area contributed by atoms with E-state index in [9.17, 15) is 15.0 Å². The Bertz CT molecular complexity index is 675. The Hall–Kier alpha value is -2.29. The molecule has 0 aromatic heterocycles. The van der Waals surface area contributed by atoms with Gasteiger partial charge in [-0.2, -0.15) is 0 Å². The monoisotopic (exact) mass is 268 g/mol. The Labute approximate surface area is 117 Å². The van der Waals surface area contributed by atoms with Crippen molar-refractivity contribution >= 4 is 6.29 Å². The number of aromatic hydroxyl groups is 2. The summed E-state index contributed by atoms with van der Waals surface area (Å²) in [7, 11) is 0. The van der Waals surface area contributed by atoms with Crippen molar-refractivity contribution in [1.82, 2.24) is 0 Å². The second-order valence-corrected chi connectivity index (χ2v) is 5.25. The van der Waals surface area contributed by atoms with Crippen LogP contribution in [-0.4, -0.2) is 16.5 Å². The van der Waals surface area contributed by atoms with Crippen LogP contribution in [0.5, 0.6) is 11.5 Å². The van der Waals surface area contributed by atoms with Gasteiger partial charge in [-0.3, -0.25) is 4.79 Å². The minimum Gasteiger partial charge on any atom is -0.504 e. The van der Waals surface area contributed by atoms with Crippen molar-refractivity contribution in [3.8, 4) is 11.5 Å². The Morgan fingerprint density at radius 3 is 2.50 bits per heavy atom. The number of aldehydes is 1. The summed E-state index contributed by atoms with van der Waals surface area (Å²) in [6.07, 6.45) is 2.28. The van der Waals surface area contributed by atoms with E-state index in [1.165, 1.54) is 5.56 Å². The van der Waals surface area contributed by atoms with Gasteiger partial charge in [-0.25, -0.2) is 0 Å². The molecule has 0 saturated carbocycles. The average molecular weight is 268 g/mol. The molecule has 3 nitrogen and oxygen atoms in total.